The first-order valence-corrected chi connectivity index (χ1v) is 7.02. The number of benzene rings is 1. The number of halogens is 2. The first kappa shape index (κ1) is 14.8. The van der Waals surface area contributed by atoms with Crippen LogP contribution >= 0.6 is 15.9 Å². The van der Waals surface area contributed by atoms with Gasteiger partial charge in [-0.2, -0.15) is 0 Å². The molecule has 2 rings (SSSR count). The van der Waals surface area contributed by atoms with E-state index in [9.17, 15) is 14.0 Å². The molecule has 20 heavy (non-hydrogen) atoms. The third-order valence-electron chi connectivity index (χ3n) is 3.24. The molecule has 0 saturated carbocycles. The van der Waals surface area contributed by atoms with Gasteiger partial charge in [0.25, 0.3) is 0 Å². The van der Waals surface area contributed by atoms with E-state index >= 15 is 0 Å². The summed E-state index contributed by atoms with van der Waals surface area (Å²) in [6.07, 6.45) is 0.592. The Kier molecular flexibility index (Phi) is 4.59. The molecule has 1 heterocycles. The van der Waals surface area contributed by atoms with Gasteiger partial charge < -0.3 is 16.0 Å². The lowest BCUT2D eigenvalue weighted by Gasteiger charge is -2.17. The average molecular weight is 344 g/mol. The van der Waals surface area contributed by atoms with Crippen molar-refractivity contribution < 1.29 is 14.0 Å². The molecule has 0 bridgehead atoms. The van der Waals surface area contributed by atoms with Gasteiger partial charge in [0.05, 0.1) is 5.92 Å². The van der Waals surface area contributed by atoms with Crippen LogP contribution in [0, 0.1) is 11.7 Å². The quantitative estimate of drug-likeness (QED) is 0.874. The van der Waals surface area contributed by atoms with Gasteiger partial charge in [0.2, 0.25) is 5.91 Å². The first-order chi connectivity index (χ1) is 9.45. The Morgan fingerprint density at radius 3 is 2.80 bits per heavy atom. The molecule has 1 saturated heterocycles. The van der Waals surface area contributed by atoms with Gasteiger partial charge in [-0.3, -0.25) is 4.79 Å². The molecular formula is C13H15BrFN3O2. The zero-order chi connectivity index (χ0) is 14.7. The third-order valence-corrected chi connectivity index (χ3v) is 3.70. The van der Waals surface area contributed by atoms with Gasteiger partial charge in [-0.25, -0.2) is 9.18 Å². The van der Waals surface area contributed by atoms with Crippen LogP contribution in [-0.4, -0.2) is 29.9 Å². The maximum atomic E-state index is 13.2. The zero-order valence-corrected chi connectivity index (χ0v) is 12.3. The smallest absolute Gasteiger partial charge is 0.317 e. The number of urea groups is 1. The van der Waals surface area contributed by atoms with Crippen molar-refractivity contribution in [1.29, 1.82) is 0 Å². The Labute approximate surface area is 124 Å². The van der Waals surface area contributed by atoms with Crippen LogP contribution < -0.4 is 11.1 Å². The van der Waals surface area contributed by atoms with Gasteiger partial charge in [-0.05, 0) is 30.2 Å². The molecular weight excluding hydrogens is 329 g/mol. The van der Waals surface area contributed by atoms with Crippen LogP contribution in [0.5, 0.6) is 0 Å². The third kappa shape index (κ3) is 3.69. The molecule has 0 radical (unpaired) electrons. The van der Waals surface area contributed by atoms with Crippen molar-refractivity contribution in [2.24, 2.45) is 11.7 Å². The molecule has 1 aromatic carbocycles. The molecule has 3 N–H and O–H groups in total. The first-order valence-electron chi connectivity index (χ1n) is 6.23. The summed E-state index contributed by atoms with van der Waals surface area (Å²) in [6, 6.07) is 4.18. The van der Waals surface area contributed by atoms with Gasteiger partial charge in [-0.15, -0.1) is 0 Å². The summed E-state index contributed by atoms with van der Waals surface area (Å²) in [5.74, 6) is -1.02. The van der Waals surface area contributed by atoms with E-state index in [2.05, 4.69) is 21.2 Å². The van der Waals surface area contributed by atoms with Gasteiger partial charge in [0.15, 0.2) is 0 Å². The summed E-state index contributed by atoms with van der Waals surface area (Å²) in [5.41, 5.74) is 5.88. The second-order valence-electron chi connectivity index (χ2n) is 4.77. The van der Waals surface area contributed by atoms with Gasteiger partial charge in [0.1, 0.15) is 5.82 Å². The van der Waals surface area contributed by atoms with Crippen LogP contribution in [-0.2, 0) is 11.3 Å². The number of primary amides is 1. The van der Waals surface area contributed by atoms with Gasteiger partial charge in [0, 0.05) is 24.1 Å². The Hall–Kier alpha value is -1.63. The van der Waals surface area contributed by atoms with Crippen molar-refractivity contribution in [2.45, 2.75) is 13.0 Å². The number of likely N-dealkylation sites (tertiary alicyclic amines) is 1. The van der Waals surface area contributed by atoms with E-state index in [1.54, 1.807) is 11.0 Å². The maximum absolute atomic E-state index is 13.2. The van der Waals surface area contributed by atoms with Crippen LogP contribution in [0.25, 0.3) is 0 Å². The predicted molar refractivity (Wildman–Crippen MR) is 75.2 cm³/mol. The molecule has 1 aromatic rings. The number of hydrogen-bond acceptors (Lipinski definition) is 2. The van der Waals surface area contributed by atoms with Crippen molar-refractivity contribution in [3.63, 3.8) is 0 Å². The topological polar surface area (TPSA) is 75.4 Å². The molecule has 0 spiro atoms. The molecule has 0 aromatic heterocycles. The van der Waals surface area contributed by atoms with E-state index in [-0.39, 0.29) is 30.2 Å². The van der Waals surface area contributed by atoms with E-state index in [1.807, 2.05) is 0 Å². The summed E-state index contributed by atoms with van der Waals surface area (Å²) in [7, 11) is 0. The Morgan fingerprint density at radius 2 is 2.20 bits per heavy atom. The fraction of sp³-hybridized carbons (Fsp3) is 0.385. The number of amides is 3. The average Bonchev–Trinajstić information content (AvgIpc) is 2.84. The lowest BCUT2D eigenvalue weighted by molar-refractivity contribution is -0.121. The summed E-state index contributed by atoms with van der Waals surface area (Å²) in [5, 5.41) is 2.70. The van der Waals surface area contributed by atoms with E-state index < -0.39 is 0 Å². The largest absolute Gasteiger partial charge is 0.369 e. The Morgan fingerprint density at radius 1 is 1.45 bits per heavy atom. The molecule has 5 nitrogen and oxygen atoms in total. The second-order valence-corrected chi connectivity index (χ2v) is 5.69. The van der Waals surface area contributed by atoms with E-state index in [1.165, 1.54) is 12.1 Å². The molecule has 1 unspecified atom stereocenters. The lowest BCUT2D eigenvalue weighted by atomic mass is 10.1. The second kappa shape index (κ2) is 6.21. The van der Waals surface area contributed by atoms with Crippen LogP contribution in [0.2, 0.25) is 0 Å². The number of nitrogens with zero attached hydrogens (tertiary/aromatic N) is 1. The highest BCUT2D eigenvalue weighted by Crippen LogP contribution is 2.17. The van der Waals surface area contributed by atoms with Crippen molar-refractivity contribution in [2.75, 3.05) is 13.1 Å². The van der Waals surface area contributed by atoms with Gasteiger partial charge >= 0.3 is 6.03 Å². The molecule has 1 aliphatic rings. The molecule has 1 fully saturated rings. The van der Waals surface area contributed by atoms with Crippen LogP contribution in [0.4, 0.5) is 9.18 Å². The number of carbonyl (C=O) groups is 2. The minimum Gasteiger partial charge on any atom is -0.369 e. The summed E-state index contributed by atoms with van der Waals surface area (Å²) in [6.45, 7) is 1.08. The minimum atomic E-state index is -0.380. The molecule has 1 aliphatic heterocycles. The predicted octanol–water partition coefficient (Wildman–Crippen LogP) is 1.60. The highest BCUT2D eigenvalue weighted by atomic mass is 79.9. The summed E-state index contributed by atoms with van der Waals surface area (Å²) >= 11 is 3.20. The van der Waals surface area contributed by atoms with E-state index in [0.29, 0.717) is 29.5 Å². The number of nitrogens with one attached hydrogen (secondary N) is 1. The lowest BCUT2D eigenvalue weighted by Crippen LogP contribution is -2.39. The van der Waals surface area contributed by atoms with E-state index in [0.717, 1.165) is 0 Å². The van der Waals surface area contributed by atoms with Crippen LogP contribution in [0.1, 0.15) is 12.0 Å². The summed E-state index contributed by atoms with van der Waals surface area (Å²) in [4.78, 5) is 24.5. The van der Waals surface area contributed by atoms with Gasteiger partial charge in [-0.1, -0.05) is 15.9 Å². The molecule has 1 atom stereocenters. The molecule has 0 aliphatic carbocycles. The Bertz CT molecular complexity index is 518. The monoisotopic (exact) mass is 343 g/mol. The Balaban J connectivity index is 1.88. The minimum absolute atomic E-state index is 0.229. The number of rotatable bonds is 3. The fourth-order valence-electron chi connectivity index (χ4n) is 2.18. The van der Waals surface area contributed by atoms with Crippen molar-refractivity contribution in [3.8, 4) is 0 Å². The van der Waals surface area contributed by atoms with Crippen molar-refractivity contribution in [3.05, 3.63) is 34.1 Å². The standard InChI is InChI=1S/C13H15BrFN3O2/c14-10-3-8(4-11(15)5-10)6-17-13(20)18-2-1-9(7-18)12(16)19/h3-5,9H,1-2,6-7H2,(H2,16,19)(H,17,20). The van der Waals surface area contributed by atoms with Crippen molar-refractivity contribution >= 4 is 27.9 Å². The molecule has 3 amide bonds. The number of carbonyl (C=O) groups excluding carboxylic acids is 2. The summed E-state index contributed by atoms with van der Waals surface area (Å²) < 4.78 is 13.8. The maximum Gasteiger partial charge on any atom is 0.317 e. The highest BCUT2D eigenvalue weighted by Gasteiger charge is 2.29. The highest BCUT2D eigenvalue weighted by molar-refractivity contribution is 9.10. The van der Waals surface area contributed by atoms with Crippen molar-refractivity contribution in [1.82, 2.24) is 10.2 Å². The van der Waals surface area contributed by atoms with E-state index in [4.69, 9.17) is 5.73 Å². The van der Waals surface area contributed by atoms with Crippen LogP contribution in [0.3, 0.4) is 0 Å². The number of nitrogens with two attached hydrogens (primary N) is 1. The molecule has 7 heteroatoms. The zero-order valence-electron chi connectivity index (χ0n) is 10.7. The SMILES string of the molecule is NC(=O)C1CCN(C(=O)NCc2cc(F)cc(Br)c2)C1. The fourth-order valence-corrected chi connectivity index (χ4v) is 2.69. The van der Waals surface area contributed by atoms with Crippen LogP contribution in [0.15, 0.2) is 22.7 Å². The number of hydrogen-bond donors (Lipinski definition) is 2. The molecule has 108 valence electrons. The normalized spacial score (nSPS) is 18.1.